The Labute approximate surface area is 110 Å². The molecule has 100 valence electrons. The molecule has 1 aromatic heterocycles. The summed E-state index contributed by atoms with van der Waals surface area (Å²) in [5, 5.41) is 9.19. The second kappa shape index (κ2) is 5.17. The molecule has 0 spiro atoms. The SMILES string of the molecule is Cc1cc(NC(=O)c2n[nH]c(C(C)C)n2)ccc1F. The van der Waals surface area contributed by atoms with Crippen molar-refractivity contribution >= 4 is 11.6 Å². The van der Waals surface area contributed by atoms with Gasteiger partial charge >= 0.3 is 0 Å². The van der Waals surface area contributed by atoms with Crippen molar-refractivity contribution < 1.29 is 9.18 Å². The lowest BCUT2D eigenvalue weighted by atomic mass is 10.2. The van der Waals surface area contributed by atoms with Crippen molar-refractivity contribution in [2.45, 2.75) is 26.7 Å². The number of carbonyl (C=O) groups is 1. The molecule has 1 heterocycles. The minimum absolute atomic E-state index is 0.0747. The third kappa shape index (κ3) is 2.96. The maximum absolute atomic E-state index is 13.1. The number of carbonyl (C=O) groups excluding carboxylic acids is 1. The molecular weight excluding hydrogens is 247 g/mol. The van der Waals surface area contributed by atoms with Gasteiger partial charge < -0.3 is 5.32 Å². The van der Waals surface area contributed by atoms with E-state index < -0.39 is 5.91 Å². The highest BCUT2D eigenvalue weighted by atomic mass is 19.1. The predicted molar refractivity (Wildman–Crippen MR) is 69.6 cm³/mol. The van der Waals surface area contributed by atoms with Gasteiger partial charge in [0.25, 0.3) is 5.91 Å². The molecule has 5 nitrogen and oxygen atoms in total. The van der Waals surface area contributed by atoms with Crippen LogP contribution in [-0.2, 0) is 0 Å². The van der Waals surface area contributed by atoms with Gasteiger partial charge in [-0.25, -0.2) is 9.37 Å². The molecule has 0 saturated carbocycles. The Kier molecular flexibility index (Phi) is 3.59. The van der Waals surface area contributed by atoms with Crippen molar-refractivity contribution in [3.05, 3.63) is 41.2 Å². The summed E-state index contributed by atoms with van der Waals surface area (Å²) in [6.07, 6.45) is 0. The van der Waals surface area contributed by atoms with Crippen LogP contribution in [0.5, 0.6) is 0 Å². The molecule has 2 N–H and O–H groups in total. The summed E-state index contributed by atoms with van der Waals surface area (Å²) in [5.74, 6) is 0.167. The van der Waals surface area contributed by atoms with Crippen LogP contribution in [0.25, 0.3) is 0 Å². The molecule has 0 unspecified atom stereocenters. The number of amides is 1. The normalized spacial score (nSPS) is 10.8. The molecule has 0 fully saturated rings. The lowest BCUT2D eigenvalue weighted by Gasteiger charge is -2.04. The van der Waals surface area contributed by atoms with Gasteiger partial charge in [-0.2, -0.15) is 0 Å². The molecule has 0 bridgehead atoms. The molecule has 0 aliphatic heterocycles. The molecule has 0 radical (unpaired) electrons. The number of aryl methyl sites for hydroxylation is 1. The lowest BCUT2D eigenvalue weighted by molar-refractivity contribution is 0.101. The van der Waals surface area contributed by atoms with Gasteiger partial charge in [-0.1, -0.05) is 13.8 Å². The third-order valence-electron chi connectivity index (χ3n) is 2.67. The van der Waals surface area contributed by atoms with Gasteiger partial charge in [-0.15, -0.1) is 5.10 Å². The number of hydrogen-bond donors (Lipinski definition) is 2. The molecular formula is C13H15FN4O. The highest BCUT2D eigenvalue weighted by Crippen LogP contribution is 2.14. The van der Waals surface area contributed by atoms with E-state index >= 15 is 0 Å². The van der Waals surface area contributed by atoms with E-state index in [2.05, 4.69) is 20.5 Å². The number of aromatic amines is 1. The van der Waals surface area contributed by atoms with Crippen LogP contribution in [0.1, 0.15) is 41.8 Å². The first kappa shape index (κ1) is 13.2. The minimum atomic E-state index is -0.422. The molecule has 1 amide bonds. The topological polar surface area (TPSA) is 70.7 Å². The fraction of sp³-hybridized carbons (Fsp3) is 0.308. The van der Waals surface area contributed by atoms with Crippen LogP contribution in [0.2, 0.25) is 0 Å². The molecule has 1 aromatic carbocycles. The molecule has 2 rings (SSSR count). The van der Waals surface area contributed by atoms with Gasteiger partial charge in [0, 0.05) is 11.6 Å². The summed E-state index contributed by atoms with van der Waals surface area (Å²) >= 11 is 0. The van der Waals surface area contributed by atoms with E-state index in [1.807, 2.05) is 13.8 Å². The first-order valence-electron chi connectivity index (χ1n) is 5.97. The average molecular weight is 262 g/mol. The number of aromatic nitrogens is 3. The van der Waals surface area contributed by atoms with E-state index in [0.717, 1.165) is 0 Å². The van der Waals surface area contributed by atoms with Gasteiger partial charge in [0.05, 0.1) is 0 Å². The predicted octanol–water partition coefficient (Wildman–Crippen LogP) is 2.63. The fourth-order valence-corrected chi connectivity index (χ4v) is 1.54. The van der Waals surface area contributed by atoms with E-state index in [-0.39, 0.29) is 17.6 Å². The number of nitrogens with one attached hydrogen (secondary N) is 2. The first-order valence-corrected chi connectivity index (χ1v) is 5.97. The van der Waals surface area contributed by atoms with Crippen LogP contribution in [-0.4, -0.2) is 21.1 Å². The molecule has 2 aromatic rings. The van der Waals surface area contributed by atoms with Crippen molar-refractivity contribution in [2.24, 2.45) is 0 Å². The standard InChI is InChI=1S/C13H15FN4O/c1-7(2)11-16-12(18-17-11)13(19)15-9-4-5-10(14)8(3)6-9/h4-7H,1-3H3,(H,15,19)(H,16,17,18). The smallest absolute Gasteiger partial charge is 0.295 e. The molecule has 0 saturated heterocycles. The number of H-pyrrole nitrogens is 1. The van der Waals surface area contributed by atoms with E-state index in [1.54, 1.807) is 13.0 Å². The van der Waals surface area contributed by atoms with Gasteiger partial charge in [-0.3, -0.25) is 9.89 Å². The Bertz CT molecular complexity index is 606. The summed E-state index contributed by atoms with van der Waals surface area (Å²) < 4.78 is 13.1. The Morgan fingerprint density at radius 2 is 2.16 bits per heavy atom. The zero-order valence-corrected chi connectivity index (χ0v) is 11.0. The van der Waals surface area contributed by atoms with E-state index in [9.17, 15) is 9.18 Å². The van der Waals surface area contributed by atoms with Gasteiger partial charge in [-0.05, 0) is 30.7 Å². The lowest BCUT2D eigenvalue weighted by Crippen LogP contribution is -2.14. The Hall–Kier alpha value is -2.24. The van der Waals surface area contributed by atoms with E-state index in [1.165, 1.54) is 12.1 Å². The van der Waals surface area contributed by atoms with E-state index in [0.29, 0.717) is 17.1 Å². The second-order valence-electron chi connectivity index (χ2n) is 4.62. The number of hydrogen-bond acceptors (Lipinski definition) is 3. The highest BCUT2D eigenvalue weighted by molar-refractivity contribution is 6.01. The Morgan fingerprint density at radius 1 is 1.42 bits per heavy atom. The summed E-state index contributed by atoms with van der Waals surface area (Å²) in [7, 11) is 0. The largest absolute Gasteiger partial charge is 0.319 e. The first-order chi connectivity index (χ1) is 8.97. The van der Waals surface area contributed by atoms with E-state index in [4.69, 9.17) is 0 Å². The van der Waals surface area contributed by atoms with Crippen molar-refractivity contribution in [3.8, 4) is 0 Å². The van der Waals surface area contributed by atoms with Crippen molar-refractivity contribution in [1.29, 1.82) is 0 Å². The number of anilines is 1. The monoisotopic (exact) mass is 262 g/mol. The van der Waals surface area contributed by atoms with Crippen LogP contribution >= 0.6 is 0 Å². The summed E-state index contributed by atoms with van der Waals surface area (Å²) in [6, 6.07) is 4.36. The molecule has 19 heavy (non-hydrogen) atoms. The van der Waals surface area contributed by atoms with Crippen LogP contribution in [0.3, 0.4) is 0 Å². The van der Waals surface area contributed by atoms with Gasteiger partial charge in [0.1, 0.15) is 11.6 Å². The van der Waals surface area contributed by atoms with Crippen LogP contribution in [0.4, 0.5) is 10.1 Å². The molecule has 0 atom stereocenters. The summed E-state index contributed by atoms with van der Waals surface area (Å²) in [6.45, 7) is 5.53. The average Bonchev–Trinajstić information content (AvgIpc) is 2.83. The second-order valence-corrected chi connectivity index (χ2v) is 4.62. The van der Waals surface area contributed by atoms with Crippen LogP contribution in [0.15, 0.2) is 18.2 Å². The number of nitrogens with zero attached hydrogens (tertiary/aromatic N) is 2. The van der Waals surface area contributed by atoms with Crippen molar-refractivity contribution in [1.82, 2.24) is 15.2 Å². The van der Waals surface area contributed by atoms with Gasteiger partial charge in [0.15, 0.2) is 0 Å². The van der Waals surface area contributed by atoms with Crippen molar-refractivity contribution in [2.75, 3.05) is 5.32 Å². The number of benzene rings is 1. The molecule has 0 aliphatic rings. The summed E-state index contributed by atoms with van der Waals surface area (Å²) in [4.78, 5) is 16.0. The fourth-order valence-electron chi connectivity index (χ4n) is 1.54. The zero-order chi connectivity index (χ0) is 14.0. The minimum Gasteiger partial charge on any atom is -0.319 e. The van der Waals surface area contributed by atoms with Crippen LogP contribution < -0.4 is 5.32 Å². The summed E-state index contributed by atoms with van der Waals surface area (Å²) in [5.41, 5.74) is 0.982. The third-order valence-corrected chi connectivity index (χ3v) is 2.67. The maximum atomic E-state index is 13.1. The number of halogens is 1. The van der Waals surface area contributed by atoms with Gasteiger partial charge in [0.2, 0.25) is 5.82 Å². The number of rotatable bonds is 3. The Morgan fingerprint density at radius 3 is 2.74 bits per heavy atom. The van der Waals surface area contributed by atoms with Crippen LogP contribution in [0, 0.1) is 12.7 Å². The maximum Gasteiger partial charge on any atom is 0.295 e. The van der Waals surface area contributed by atoms with Crippen molar-refractivity contribution in [3.63, 3.8) is 0 Å². The highest BCUT2D eigenvalue weighted by Gasteiger charge is 2.14. The Balaban J connectivity index is 2.13. The molecule has 6 heteroatoms. The quantitative estimate of drug-likeness (QED) is 0.893. The molecule has 0 aliphatic carbocycles. The zero-order valence-electron chi connectivity index (χ0n) is 11.0.